The van der Waals surface area contributed by atoms with Gasteiger partial charge < -0.3 is 4.74 Å². The summed E-state index contributed by atoms with van der Waals surface area (Å²) in [6, 6.07) is 1.06. The molecular weight excluding hydrogens is 332 g/mol. The molecule has 0 aliphatic heterocycles. The molecule has 1 aromatic rings. The minimum absolute atomic E-state index is 0.0243. The maximum atomic E-state index is 13.4. The van der Waals surface area contributed by atoms with Gasteiger partial charge in [-0.05, 0) is 19.3 Å². The van der Waals surface area contributed by atoms with Gasteiger partial charge in [0.05, 0.1) is 23.3 Å². The van der Waals surface area contributed by atoms with Gasteiger partial charge in [0.15, 0.2) is 11.6 Å². The van der Waals surface area contributed by atoms with Crippen molar-refractivity contribution in [2.24, 2.45) is 0 Å². The summed E-state index contributed by atoms with van der Waals surface area (Å²) < 4.78 is 53.0. The van der Waals surface area contributed by atoms with E-state index in [1.165, 1.54) is 0 Å². The Morgan fingerprint density at radius 3 is 2.43 bits per heavy atom. The van der Waals surface area contributed by atoms with Gasteiger partial charge in [0.1, 0.15) is 0 Å². The maximum absolute atomic E-state index is 13.4. The third-order valence-corrected chi connectivity index (χ3v) is 3.73. The molecule has 0 unspecified atom stereocenters. The van der Waals surface area contributed by atoms with E-state index in [1.54, 1.807) is 0 Å². The molecule has 0 aliphatic carbocycles. The van der Waals surface area contributed by atoms with Gasteiger partial charge in [0.2, 0.25) is 14.9 Å². The van der Waals surface area contributed by atoms with Crippen molar-refractivity contribution in [2.75, 3.05) is 12.4 Å². The largest absolute Gasteiger partial charge is 0.490 e. The van der Waals surface area contributed by atoms with Gasteiger partial charge in [-0.25, -0.2) is 12.8 Å². The number of hydrogen-bond donors (Lipinski definition) is 0. The second-order valence-corrected chi connectivity index (χ2v) is 7.04. The number of nitro benzene ring substituents is 1. The Labute approximate surface area is 124 Å². The third-order valence-electron chi connectivity index (χ3n) is 2.49. The summed E-state index contributed by atoms with van der Waals surface area (Å²) in [4.78, 5) is 9.36. The fourth-order valence-electron chi connectivity index (χ4n) is 1.50. The summed E-state index contributed by atoms with van der Waals surface area (Å²) in [5.74, 6) is -2.83. The Morgan fingerprint density at radius 2 is 1.86 bits per heavy atom. The van der Waals surface area contributed by atoms with Crippen LogP contribution in [0.1, 0.15) is 19.3 Å². The van der Waals surface area contributed by atoms with E-state index in [-0.39, 0.29) is 12.4 Å². The van der Waals surface area contributed by atoms with Crippen molar-refractivity contribution in [3.8, 4) is 5.75 Å². The number of halogens is 3. The monoisotopic (exact) mass is 343 g/mol. The molecule has 0 aliphatic rings. The van der Waals surface area contributed by atoms with E-state index >= 15 is 0 Å². The molecule has 0 saturated heterocycles. The van der Waals surface area contributed by atoms with Crippen LogP contribution in [-0.4, -0.2) is 25.7 Å². The molecular formula is C11H12ClF2NO5S. The summed E-state index contributed by atoms with van der Waals surface area (Å²) in [5, 5.41) is 10.4. The highest BCUT2D eigenvalue weighted by Gasteiger charge is 2.19. The molecule has 0 radical (unpaired) electrons. The lowest BCUT2D eigenvalue weighted by atomic mass is 10.2. The van der Waals surface area contributed by atoms with Gasteiger partial charge in [0, 0.05) is 16.7 Å². The van der Waals surface area contributed by atoms with Crippen LogP contribution in [0.5, 0.6) is 5.75 Å². The minimum Gasteiger partial charge on any atom is -0.490 e. The van der Waals surface area contributed by atoms with Crippen molar-refractivity contribution in [1.82, 2.24) is 0 Å². The molecule has 0 aromatic heterocycles. The predicted molar refractivity (Wildman–Crippen MR) is 72.0 cm³/mol. The lowest BCUT2D eigenvalue weighted by Gasteiger charge is -2.07. The molecule has 0 spiro atoms. The van der Waals surface area contributed by atoms with Gasteiger partial charge in [-0.15, -0.1) is 0 Å². The maximum Gasteiger partial charge on any atom is 0.307 e. The molecule has 0 saturated carbocycles. The van der Waals surface area contributed by atoms with Crippen LogP contribution in [0.15, 0.2) is 12.1 Å². The van der Waals surface area contributed by atoms with Gasteiger partial charge >= 0.3 is 5.69 Å². The molecule has 0 bridgehead atoms. The SMILES string of the molecule is O=[N+]([O-])c1cc(F)c(OCCCCCS(=O)(=O)Cl)cc1F. The fraction of sp³-hybridized carbons (Fsp3) is 0.455. The lowest BCUT2D eigenvalue weighted by Crippen LogP contribution is -2.03. The highest BCUT2D eigenvalue weighted by molar-refractivity contribution is 8.13. The fourth-order valence-corrected chi connectivity index (χ4v) is 2.38. The van der Waals surface area contributed by atoms with Crippen molar-refractivity contribution in [2.45, 2.75) is 19.3 Å². The molecule has 1 aromatic carbocycles. The van der Waals surface area contributed by atoms with E-state index < -0.39 is 37.0 Å². The molecule has 0 amide bonds. The summed E-state index contributed by atoms with van der Waals surface area (Å²) in [5.41, 5.74) is -0.966. The predicted octanol–water partition coefficient (Wildman–Crippen LogP) is 2.99. The number of unbranched alkanes of at least 4 members (excludes halogenated alkanes) is 2. The molecule has 1 rings (SSSR count). The van der Waals surface area contributed by atoms with E-state index in [0.717, 1.165) is 0 Å². The van der Waals surface area contributed by atoms with E-state index in [4.69, 9.17) is 15.4 Å². The topological polar surface area (TPSA) is 86.5 Å². The number of ether oxygens (including phenoxy) is 1. The van der Waals surface area contributed by atoms with Crippen LogP contribution in [0, 0.1) is 21.7 Å². The highest BCUT2D eigenvalue weighted by atomic mass is 35.7. The average Bonchev–Trinajstić information content (AvgIpc) is 2.35. The Balaban J connectivity index is 2.46. The number of rotatable bonds is 8. The first-order valence-electron chi connectivity index (χ1n) is 5.89. The Morgan fingerprint density at radius 1 is 1.19 bits per heavy atom. The number of hydrogen-bond acceptors (Lipinski definition) is 5. The molecule has 10 heteroatoms. The Kier molecular flexibility index (Phi) is 6.28. The molecule has 0 N–H and O–H groups in total. The van der Waals surface area contributed by atoms with Crippen LogP contribution in [0.25, 0.3) is 0 Å². The van der Waals surface area contributed by atoms with Crippen molar-refractivity contribution in [1.29, 1.82) is 0 Å². The third kappa shape index (κ3) is 6.21. The summed E-state index contributed by atoms with van der Waals surface area (Å²) >= 11 is 0. The Bertz CT molecular complexity index is 623. The van der Waals surface area contributed by atoms with Crippen LogP contribution >= 0.6 is 10.7 Å². The minimum atomic E-state index is -3.53. The van der Waals surface area contributed by atoms with Gasteiger partial charge in [-0.3, -0.25) is 10.1 Å². The quantitative estimate of drug-likeness (QED) is 0.313. The van der Waals surface area contributed by atoms with Crippen LogP contribution in [0.4, 0.5) is 14.5 Å². The van der Waals surface area contributed by atoms with Crippen LogP contribution < -0.4 is 4.74 Å². The standard InChI is InChI=1S/C11H12ClF2NO5S/c12-21(18,19)5-3-1-2-4-20-11-7-8(13)10(15(16)17)6-9(11)14/h6-7H,1-5H2. The van der Waals surface area contributed by atoms with Crippen molar-refractivity contribution in [3.05, 3.63) is 33.9 Å². The first-order valence-corrected chi connectivity index (χ1v) is 8.37. The van der Waals surface area contributed by atoms with Gasteiger partial charge in [-0.2, -0.15) is 4.39 Å². The lowest BCUT2D eigenvalue weighted by molar-refractivity contribution is -0.387. The zero-order valence-corrected chi connectivity index (χ0v) is 12.3. The van der Waals surface area contributed by atoms with Crippen LogP contribution in [0.2, 0.25) is 0 Å². The van der Waals surface area contributed by atoms with E-state index in [9.17, 15) is 27.3 Å². The van der Waals surface area contributed by atoms with Crippen LogP contribution in [0.3, 0.4) is 0 Å². The van der Waals surface area contributed by atoms with Gasteiger partial charge in [0.25, 0.3) is 0 Å². The molecule has 0 heterocycles. The zero-order valence-electron chi connectivity index (χ0n) is 10.7. The first kappa shape index (κ1) is 17.6. The van der Waals surface area contributed by atoms with Crippen molar-refractivity contribution in [3.63, 3.8) is 0 Å². The zero-order chi connectivity index (χ0) is 16.0. The molecule has 6 nitrogen and oxygen atoms in total. The average molecular weight is 344 g/mol. The van der Waals surface area contributed by atoms with Crippen LogP contribution in [-0.2, 0) is 9.05 Å². The second kappa shape index (κ2) is 7.51. The number of nitrogens with zero attached hydrogens (tertiary/aromatic N) is 1. The van der Waals surface area contributed by atoms with Crippen molar-refractivity contribution < 1.29 is 26.9 Å². The first-order chi connectivity index (χ1) is 9.70. The summed E-state index contributed by atoms with van der Waals surface area (Å²) in [7, 11) is 1.48. The molecule has 21 heavy (non-hydrogen) atoms. The summed E-state index contributed by atoms with van der Waals surface area (Å²) in [6.45, 7) is 0.0243. The number of benzene rings is 1. The normalized spacial score (nSPS) is 11.4. The smallest absolute Gasteiger partial charge is 0.307 e. The Hall–Kier alpha value is -1.48. The van der Waals surface area contributed by atoms with E-state index in [2.05, 4.69) is 0 Å². The van der Waals surface area contributed by atoms with E-state index in [1.807, 2.05) is 0 Å². The summed E-state index contributed by atoms with van der Waals surface area (Å²) in [6.07, 6.45) is 1.21. The van der Waals surface area contributed by atoms with E-state index in [0.29, 0.717) is 31.4 Å². The molecule has 0 fully saturated rings. The highest BCUT2D eigenvalue weighted by Crippen LogP contribution is 2.26. The van der Waals surface area contributed by atoms with Gasteiger partial charge in [-0.1, -0.05) is 0 Å². The molecule has 0 atom stereocenters. The molecule has 118 valence electrons. The van der Waals surface area contributed by atoms with Crippen molar-refractivity contribution >= 4 is 25.4 Å². The second-order valence-electron chi connectivity index (χ2n) is 4.14. The number of nitro groups is 1.